The molecule has 0 spiro atoms. The van der Waals surface area contributed by atoms with Crippen LogP contribution < -0.4 is 0 Å². The number of Topliss-reactive ketones (excluding diaryl/α,β-unsaturated/α-hetero) is 1. The van der Waals surface area contributed by atoms with Crippen molar-refractivity contribution in [3.63, 3.8) is 0 Å². The van der Waals surface area contributed by atoms with Crippen LogP contribution in [0.15, 0.2) is 0 Å². The minimum Gasteiger partial charge on any atom is -0.272 e. The van der Waals surface area contributed by atoms with Crippen LogP contribution in [0.2, 0.25) is 0 Å². The van der Waals surface area contributed by atoms with Crippen LogP contribution in [-0.2, 0) is 4.79 Å². The molecule has 0 aliphatic heterocycles. The highest BCUT2D eigenvalue weighted by molar-refractivity contribution is 5.97. The lowest BCUT2D eigenvalue weighted by molar-refractivity contribution is -0.164. The van der Waals surface area contributed by atoms with Gasteiger partial charge in [-0.05, 0) is 0 Å². The number of ketones is 1. The highest BCUT2D eigenvalue weighted by Crippen LogP contribution is 2.14. The van der Waals surface area contributed by atoms with Crippen LogP contribution in [0.1, 0.15) is 0 Å². The predicted molar refractivity (Wildman–Crippen MR) is 16.7 cm³/mol. The van der Waals surface area contributed by atoms with Gasteiger partial charge >= 0.3 is 12.0 Å². The zero-order chi connectivity index (χ0) is 6.78. The maximum Gasteiger partial charge on any atom is 0.465 e. The van der Waals surface area contributed by atoms with Gasteiger partial charge in [-0.25, -0.2) is 0 Å². The Bertz CT molecular complexity index is 142. The van der Waals surface area contributed by atoms with Gasteiger partial charge in [0.25, 0.3) is 0 Å². The fourth-order valence-electron chi connectivity index (χ4n) is 0.0634. The first-order valence-electron chi connectivity index (χ1n) is 1.49. The third-order valence-corrected chi connectivity index (χ3v) is 0.359. The number of nitrogens with zero attached hydrogens (tertiary/aromatic N) is 1. The first-order valence-corrected chi connectivity index (χ1v) is 1.49. The summed E-state index contributed by atoms with van der Waals surface area (Å²) in [6, 6.07) is 0.441. The normalized spacial score (nSPS) is 10.2. The molecule has 0 atom stereocenters. The van der Waals surface area contributed by atoms with Crippen LogP contribution in [0.3, 0.4) is 0 Å². The number of rotatable bonds is 0. The number of carbonyl (C=O) groups is 1. The summed E-state index contributed by atoms with van der Waals surface area (Å²) in [4.78, 5) is 9.35. The molecule has 0 heterocycles. The number of alkyl halides is 3. The van der Waals surface area contributed by atoms with Crippen molar-refractivity contribution in [3.8, 4) is 6.07 Å². The molecule has 44 valence electrons. The monoisotopic (exact) mass is 123 g/mol. The predicted octanol–water partition coefficient (Wildman–Crippen LogP) is 0.641. The Kier molecular flexibility index (Phi) is 1.58. The summed E-state index contributed by atoms with van der Waals surface area (Å²) in [6.45, 7) is 0. The van der Waals surface area contributed by atoms with E-state index in [1.165, 1.54) is 0 Å². The second-order valence-electron chi connectivity index (χ2n) is 0.939. The molecule has 5 heteroatoms. The Balaban J connectivity index is 4.09. The quantitative estimate of drug-likeness (QED) is 0.443. The summed E-state index contributed by atoms with van der Waals surface area (Å²) in [5.74, 6) is -2.36. The Morgan fingerprint density at radius 1 is 1.50 bits per heavy atom. The maximum absolute atomic E-state index is 10.9. The Morgan fingerprint density at radius 3 is 1.88 bits per heavy atom. The van der Waals surface area contributed by atoms with Gasteiger partial charge in [0.1, 0.15) is 6.07 Å². The van der Waals surface area contributed by atoms with E-state index < -0.39 is 12.0 Å². The van der Waals surface area contributed by atoms with Gasteiger partial charge in [0, 0.05) is 0 Å². The molecule has 0 amide bonds. The van der Waals surface area contributed by atoms with E-state index in [1.54, 1.807) is 0 Å². The van der Waals surface area contributed by atoms with Crippen molar-refractivity contribution in [1.29, 1.82) is 5.26 Å². The smallest absolute Gasteiger partial charge is 0.272 e. The molecular formula is C3F3NO. The SMILES string of the molecule is N#CC(=O)C(F)(F)F. The average molecular weight is 123 g/mol. The molecule has 0 rings (SSSR count). The first-order chi connectivity index (χ1) is 3.48. The maximum atomic E-state index is 10.9. The molecule has 0 aliphatic rings. The van der Waals surface area contributed by atoms with E-state index in [0.717, 1.165) is 0 Å². The number of carbonyl (C=O) groups excluding carboxylic acids is 1. The van der Waals surface area contributed by atoms with Gasteiger partial charge in [0.05, 0.1) is 0 Å². The highest BCUT2D eigenvalue weighted by Gasteiger charge is 2.38. The molecule has 0 saturated heterocycles. The van der Waals surface area contributed by atoms with E-state index >= 15 is 0 Å². The van der Waals surface area contributed by atoms with Crippen LogP contribution in [0, 0.1) is 11.3 Å². The molecule has 8 heavy (non-hydrogen) atoms. The van der Waals surface area contributed by atoms with Crippen molar-refractivity contribution in [3.05, 3.63) is 0 Å². The number of hydrogen-bond acceptors (Lipinski definition) is 2. The Labute approximate surface area is 42.5 Å². The van der Waals surface area contributed by atoms with Crippen molar-refractivity contribution < 1.29 is 18.0 Å². The second kappa shape index (κ2) is 1.82. The Morgan fingerprint density at radius 2 is 1.88 bits per heavy atom. The lowest BCUT2D eigenvalue weighted by Crippen LogP contribution is -2.19. The lowest BCUT2D eigenvalue weighted by atomic mass is 10.4. The number of nitriles is 1. The van der Waals surface area contributed by atoms with Gasteiger partial charge in [-0.1, -0.05) is 0 Å². The van der Waals surface area contributed by atoms with E-state index in [9.17, 15) is 18.0 Å². The molecule has 2 nitrogen and oxygen atoms in total. The number of hydrogen-bond donors (Lipinski definition) is 0. The minimum absolute atomic E-state index is 0.441. The molecule has 0 fully saturated rings. The van der Waals surface area contributed by atoms with Crippen molar-refractivity contribution >= 4 is 5.78 Å². The van der Waals surface area contributed by atoms with Gasteiger partial charge in [-0.15, -0.1) is 0 Å². The van der Waals surface area contributed by atoms with Gasteiger partial charge < -0.3 is 0 Å². The van der Waals surface area contributed by atoms with Crippen LogP contribution in [0.5, 0.6) is 0 Å². The van der Waals surface area contributed by atoms with Crippen molar-refractivity contribution in [2.75, 3.05) is 0 Å². The topological polar surface area (TPSA) is 40.9 Å². The van der Waals surface area contributed by atoms with Crippen LogP contribution in [-0.4, -0.2) is 12.0 Å². The van der Waals surface area contributed by atoms with Crippen molar-refractivity contribution in [2.45, 2.75) is 6.18 Å². The molecule has 0 aromatic rings. The van der Waals surface area contributed by atoms with Crippen LogP contribution >= 0.6 is 0 Å². The third kappa shape index (κ3) is 1.60. The first kappa shape index (κ1) is 6.95. The van der Waals surface area contributed by atoms with Gasteiger partial charge in [0.2, 0.25) is 0 Å². The van der Waals surface area contributed by atoms with Gasteiger partial charge in [-0.3, -0.25) is 4.79 Å². The van der Waals surface area contributed by atoms with E-state index in [4.69, 9.17) is 5.26 Å². The molecule has 0 aromatic carbocycles. The Hall–Kier alpha value is -1.05. The summed E-state index contributed by atoms with van der Waals surface area (Å²) in [5, 5.41) is 7.35. The average Bonchev–Trinajstić information content (AvgIpc) is 1.62. The van der Waals surface area contributed by atoms with Crippen LogP contribution in [0.25, 0.3) is 0 Å². The molecule has 0 aromatic heterocycles. The summed E-state index contributed by atoms with van der Waals surface area (Å²) >= 11 is 0. The van der Waals surface area contributed by atoms with E-state index in [1.807, 2.05) is 0 Å². The largest absolute Gasteiger partial charge is 0.465 e. The molecule has 0 radical (unpaired) electrons. The zero-order valence-corrected chi connectivity index (χ0v) is 3.49. The number of halogens is 3. The molecule has 0 saturated carbocycles. The standard InChI is InChI=1S/C3F3NO/c4-3(5,6)2(8)1-7. The summed E-state index contributed by atoms with van der Waals surface area (Å²) < 4.78 is 32.6. The summed E-state index contributed by atoms with van der Waals surface area (Å²) in [6.07, 6.45) is -4.99. The zero-order valence-electron chi connectivity index (χ0n) is 3.49. The van der Waals surface area contributed by atoms with Gasteiger partial charge in [-0.2, -0.15) is 18.4 Å². The lowest BCUT2D eigenvalue weighted by Gasteiger charge is -1.93. The molecule has 0 N–H and O–H groups in total. The fraction of sp³-hybridized carbons (Fsp3) is 0.333. The van der Waals surface area contributed by atoms with E-state index in [2.05, 4.69) is 0 Å². The van der Waals surface area contributed by atoms with E-state index in [-0.39, 0.29) is 0 Å². The second-order valence-corrected chi connectivity index (χ2v) is 0.939. The molecular weight excluding hydrogens is 123 g/mol. The summed E-state index contributed by atoms with van der Waals surface area (Å²) in [5.41, 5.74) is 0. The fourth-order valence-corrected chi connectivity index (χ4v) is 0.0634. The van der Waals surface area contributed by atoms with E-state index in [0.29, 0.717) is 6.07 Å². The van der Waals surface area contributed by atoms with Crippen molar-refractivity contribution in [1.82, 2.24) is 0 Å². The molecule has 0 bridgehead atoms. The highest BCUT2D eigenvalue weighted by atomic mass is 19.4. The molecule has 0 aliphatic carbocycles. The third-order valence-electron chi connectivity index (χ3n) is 0.359. The minimum atomic E-state index is -4.99. The molecule has 0 unspecified atom stereocenters. The summed E-state index contributed by atoms with van der Waals surface area (Å²) in [7, 11) is 0. The van der Waals surface area contributed by atoms with Crippen LogP contribution in [0.4, 0.5) is 13.2 Å². The van der Waals surface area contributed by atoms with Gasteiger partial charge in [0.15, 0.2) is 0 Å². The van der Waals surface area contributed by atoms with Crippen molar-refractivity contribution in [2.24, 2.45) is 0 Å².